The molecule has 2 radical (unpaired) electrons. The third-order valence-electron chi connectivity index (χ3n) is 0.843. The summed E-state index contributed by atoms with van der Waals surface area (Å²) in [7, 11) is 1.90. The smallest absolute Gasteiger partial charge is 0.0477 e. The molecule has 0 saturated carbocycles. The summed E-state index contributed by atoms with van der Waals surface area (Å²) in [5.74, 6) is 0. The van der Waals surface area contributed by atoms with Crippen LogP contribution in [0.5, 0.6) is 0 Å². The molecule has 0 aliphatic heterocycles. The summed E-state index contributed by atoms with van der Waals surface area (Å²) in [4.78, 5) is 0. The fraction of sp³-hybridized carbons (Fsp3) is 0. The predicted octanol–water partition coefficient (Wildman–Crippen LogP) is -1.24. The van der Waals surface area contributed by atoms with Crippen molar-refractivity contribution in [2.75, 3.05) is 0 Å². The van der Waals surface area contributed by atoms with Crippen molar-refractivity contribution in [3.63, 3.8) is 0 Å². The summed E-state index contributed by atoms with van der Waals surface area (Å²) >= 11 is 0. The van der Waals surface area contributed by atoms with Gasteiger partial charge in [-0.05, 0) is 0 Å². The van der Waals surface area contributed by atoms with Crippen molar-refractivity contribution in [1.82, 2.24) is 0 Å². The minimum Gasteiger partial charge on any atom is -0.0697 e. The predicted molar refractivity (Wildman–Crippen MR) is 44.6 cm³/mol. The van der Waals surface area contributed by atoms with E-state index in [-0.39, 0.29) is 17.6 Å². The molecule has 0 fully saturated rings. The largest absolute Gasteiger partial charge is 0.0697 e. The quantitative estimate of drug-likeness (QED) is 0.441. The maximum Gasteiger partial charge on any atom is 0.0477 e. The third kappa shape index (κ3) is 2.33. The van der Waals surface area contributed by atoms with E-state index >= 15 is 0 Å². The molecule has 0 bridgehead atoms. The van der Waals surface area contributed by atoms with Crippen molar-refractivity contribution in [3.05, 3.63) is 30.3 Å². The van der Waals surface area contributed by atoms with E-state index in [0.717, 1.165) is 0 Å². The van der Waals surface area contributed by atoms with Crippen LogP contribution in [0.2, 0.25) is 0 Å². The number of rotatable bonds is 0. The molecule has 0 amide bonds. The summed E-state index contributed by atoms with van der Waals surface area (Å²) in [6.07, 6.45) is 0. The molecule has 0 aromatic heterocycles. The van der Waals surface area contributed by atoms with Crippen molar-refractivity contribution in [1.29, 1.82) is 0 Å². The molecule has 0 nitrogen and oxygen atoms in total. The first-order chi connectivity index (χ1) is 3.39. The Kier molecular flexibility index (Phi) is 3.91. The van der Waals surface area contributed by atoms with Crippen LogP contribution >= 0.6 is 0 Å². The van der Waals surface area contributed by atoms with Gasteiger partial charge in [-0.1, -0.05) is 35.5 Å². The van der Waals surface area contributed by atoms with Crippen molar-refractivity contribution < 1.29 is 0 Å². The van der Waals surface area contributed by atoms with E-state index in [1.165, 1.54) is 5.19 Å². The molecular formula is C6H10GeSi. The standard InChI is InChI=1S/C6H7Si.GeH3/c7-6-4-2-1-3-5-6;/h1-5H,7H2;1H3. The van der Waals surface area contributed by atoms with Crippen LogP contribution in [-0.2, 0) is 0 Å². The first-order valence-corrected chi connectivity index (χ1v) is 2.97. The minimum absolute atomic E-state index is 0. The molecule has 2 heteroatoms. The van der Waals surface area contributed by atoms with E-state index in [0.29, 0.717) is 0 Å². The van der Waals surface area contributed by atoms with E-state index in [1.54, 1.807) is 0 Å². The van der Waals surface area contributed by atoms with Gasteiger partial charge in [-0.3, -0.25) is 0 Å². The summed E-state index contributed by atoms with van der Waals surface area (Å²) in [5, 5.41) is 1.35. The molecule has 1 rings (SSSR count). The van der Waals surface area contributed by atoms with Crippen LogP contribution < -0.4 is 5.19 Å². The van der Waals surface area contributed by atoms with Crippen molar-refractivity contribution >= 4 is 33.0 Å². The summed E-state index contributed by atoms with van der Waals surface area (Å²) in [5.41, 5.74) is 0. The first kappa shape index (κ1) is 7.98. The van der Waals surface area contributed by atoms with Crippen LogP contribution in [0.1, 0.15) is 0 Å². The van der Waals surface area contributed by atoms with Crippen LogP contribution in [0.25, 0.3) is 0 Å². The van der Waals surface area contributed by atoms with Gasteiger partial charge in [0.05, 0.1) is 0 Å². The van der Waals surface area contributed by atoms with E-state index in [1.807, 2.05) is 28.4 Å². The van der Waals surface area contributed by atoms with Gasteiger partial charge in [-0.2, -0.15) is 0 Å². The summed E-state index contributed by atoms with van der Waals surface area (Å²) in [6.45, 7) is 0. The van der Waals surface area contributed by atoms with Crippen molar-refractivity contribution in [2.24, 2.45) is 0 Å². The Morgan fingerprint density at radius 1 is 1.00 bits per heavy atom. The number of benzene rings is 1. The van der Waals surface area contributed by atoms with Crippen molar-refractivity contribution in [2.45, 2.75) is 0 Å². The second-order valence-corrected chi connectivity index (χ2v) is 2.30. The first-order valence-electron chi connectivity index (χ1n) is 2.26. The Balaban J connectivity index is 0.000000490. The average molecular weight is 183 g/mol. The maximum atomic E-state index is 2.10. The SMILES string of the molecule is [GeH3].[SiH2]c1ccccc1. The van der Waals surface area contributed by atoms with Crippen LogP contribution in [-0.4, -0.2) is 27.8 Å². The normalized spacial score (nSPS) is 7.62. The topological polar surface area (TPSA) is 0 Å². The molecule has 0 aliphatic rings. The Hall–Kier alpha value is -0.0203. The van der Waals surface area contributed by atoms with Crippen LogP contribution in [0, 0.1) is 0 Å². The Morgan fingerprint density at radius 2 is 1.50 bits per heavy atom. The molecule has 1 aromatic carbocycles. The molecule has 0 unspecified atom stereocenters. The Morgan fingerprint density at radius 3 is 1.75 bits per heavy atom. The molecule has 8 heavy (non-hydrogen) atoms. The second-order valence-electron chi connectivity index (χ2n) is 1.49. The average Bonchev–Trinajstić information content (AvgIpc) is 1.69. The Bertz CT molecular complexity index is 138. The van der Waals surface area contributed by atoms with Gasteiger partial charge in [0.2, 0.25) is 0 Å². The van der Waals surface area contributed by atoms with Gasteiger partial charge in [-0.25, -0.2) is 0 Å². The summed E-state index contributed by atoms with van der Waals surface area (Å²) in [6, 6.07) is 10.3. The van der Waals surface area contributed by atoms with E-state index in [9.17, 15) is 0 Å². The minimum atomic E-state index is 0. The van der Waals surface area contributed by atoms with Gasteiger partial charge in [0.1, 0.15) is 0 Å². The van der Waals surface area contributed by atoms with Gasteiger partial charge >= 0.3 is 17.6 Å². The monoisotopic (exact) mass is 184 g/mol. The maximum absolute atomic E-state index is 2.10. The Labute approximate surface area is 63.7 Å². The number of hydrogen-bond donors (Lipinski definition) is 0. The second kappa shape index (κ2) is 3.92. The fourth-order valence-corrected chi connectivity index (χ4v) is 0.750. The van der Waals surface area contributed by atoms with E-state index in [4.69, 9.17) is 0 Å². The molecule has 0 saturated heterocycles. The molecule has 0 spiro atoms. The zero-order valence-electron chi connectivity index (χ0n) is 5.09. The number of hydrogen-bond acceptors (Lipinski definition) is 0. The molecule has 0 aliphatic carbocycles. The van der Waals surface area contributed by atoms with Crippen molar-refractivity contribution in [3.8, 4) is 0 Å². The molecule has 1 aromatic rings. The van der Waals surface area contributed by atoms with Gasteiger partial charge in [0.15, 0.2) is 0 Å². The third-order valence-corrected chi connectivity index (χ3v) is 1.31. The van der Waals surface area contributed by atoms with Gasteiger partial charge in [0.25, 0.3) is 0 Å². The molecule has 0 atom stereocenters. The zero-order valence-corrected chi connectivity index (χ0v) is 10.7. The molecule has 0 N–H and O–H groups in total. The van der Waals surface area contributed by atoms with Crippen LogP contribution in [0.4, 0.5) is 0 Å². The molecule has 0 heterocycles. The van der Waals surface area contributed by atoms with Gasteiger partial charge < -0.3 is 0 Å². The summed E-state index contributed by atoms with van der Waals surface area (Å²) < 4.78 is 0. The van der Waals surface area contributed by atoms with Crippen LogP contribution in [0.3, 0.4) is 0 Å². The molecular weight excluding hydrogens is 173 g/mol. The van der Waals surface area contributed by atoms with Gasteiger partial charge in [0, 0.05) is 10.2 Å². The zero-order chi connectivity index (χ0) is 5.11. The van der Waals surface area contributed by atoms with Gasteiger partial charge in [-0.15, -0.1) is 0 Å². The van der Waals surface area contributed by atoms with Crippen LogP contribution in [0.15, 0.2) is 30.3 Å². The van der Waals surface area contributed by atoms with E-state index < -0.39 is 0 Å². The van der Waals surface area contributed by atoms with E-state index in [2.05, 4.69) is 12.1 Å². The fourth-order valence-electron chi connectivity index (χ4n) is 0.478. The molecule has 42 valence electrons.